The molecule has 1 rings (SSSR count). The highest BCUT2D eigenvalue weighted by atomic mass is 32.2. The predicted octanol–water partition coefficient (Wildman–Crippen LogP) is 0.344. The number of nitrogens with two attached hydrogens (primary N) is 1. The second-order valence-corrected chi connectivity index (χ2v) is 2.80. The van der Waals surface area contributed by atoms with Crippen molar-refractivity contribution in [2.75, 3.05) is 5.75 Å². The molecule has 0 aromatic heterocycles. The van der Waals surface area contributed by atoms with Gasteiger partial charge in [0.15, 0.2) is 5.54 Å². The first-order valence-electron chi connectivity index (χ1n) is 2.49. The first kappa shape index (κ1) is 6.54. The first-order chi connectivity index (χ1) is 4.15. The monoisotopic (exact) mass is 145 g/mol. The van der Waals surface area contributed by atoms with Crippen LogP contribution in [0.1, 0.15) is 6.92 Å². The Bertz CT molecular complexity index is 169. The Balaban J connectivity index is 2.74. The Morgan fingerprint density at radius 3 is 2.78 bits per heavy atom. The molecule has 5 heteroatoms. The van der Waals surface area contributed by atoms with E-state index in [4.69, 9.17) is 5.73 Å². The normalized spacial score (nSPS) is 33.0. The van der Waals surface area contributed by atoms with E-state index in [0.29, 0.717) is 5.75 Å². The zero-order chi connectivity index (χ0) is 6.91. The van der Waals surface area contributed by atoms with Crippen LogP contribution in [0.2, 0.25) is 0 Å². The summed E-state index contributed by atoms with van der Waals surface area (Å²) in [4.78, 5) is 10.6. The summed E-state index contributed by atoms with van der Waals surface area (Å²) in [6.07, 6.45) is 0. The Morgan fingerprint density at radius 1 is 1.89 bits per heavy atom. The van der Waals surface area contributed by atoms with Gasteiger partial charge in [0.2, 0.25) is 5.91 Å². The van der Waals surface area contributed by atoms with Crippen LogP contribution in [0.25, 0.3) is 0 Å². The lowest BCUT2D eigenvalue weighted by atomic mass is 10.1. The summed E-state index contributed by atoms with van der Waals surface area (Å²) < 4.78 is 3.60. The molecular formula is C4H7N3OS. The van der Waals surface area contributed by atoms with E-state index in [9.17, 15) is 4.79 Å². The van der Waals surface area contributed by atoms with Crippen LogP contribution in [0.5, 0.6) is 0 Å². The second kappa shape index (κ2) is 1.98. The molecule has 1 amide bonds. The van der Waals surface area contributed by atoms with E-state index >= 15 is 0 Å². The van der Waals surface area contributed by atoms with Crippen molar-refractivity contribution in [1.29, 1.82) is 0 Å². The van der Waals surface area contributed by atoms with Gasteiger partial charge in [-0.1, -0.05) is 0 Å². The zero-order valence-corrected chi connectivity index (χ0v) is 5.81. The van der Waals surface area contributed by atoms with Crippen molar-refractivity contribution in [3.05, 3.63) is 0 Å². The quantitative estimate of drug-likeness (QED) is 0.541. The Kier molecular flexibility index (Phi) is 1.44. The molecule has 1 unspecified atom stereocenters. The van der Waals surface area contributed by atoms with Crippen molar-refractivity contribution >= 4 is 17.9 Å². The number of nitrogens with zero attached hydrogens (tertiary/aromatic N) is 2. The maximum absolute atomic E-state index is 10.6. The summed E-state index contributed by atoms with van der Waals surface area (Å²) in [7, 11) is 0. The molecule has 1 aliphatic heterocycles. The summed E-state index contributed by atoms with van der Waals surface area (Å²) in [5.74, 6) is 0.166. The SMILES string of the molecule is CC1(C(N)=O)CSN=N1. The number of carbonyl (C=O) groups is 1. The smallest absolute Gasteiger partial charge is 0.247 e. The molecule has 0 aromatic carbocycles. The minimum Gasteiger partial charge on any atom is -0.367 e. The van der Waals surface area contributed by atoms with Crippen LogP contribution in [-0.2, 0) is 4.79 Å². The number of rotatable bonds is 1. The average molecular weight is 145 g/mol. The van der Waals surface area contributed by atoms with Crippen LogP contribution < -0.4 is 5.73 Å². The van der Waals surface area contributed by atoms with Gasteiger partial charge in [-0.05, 0) is 6.92 Å². The molecule has 0 aromatic rings. The van der Waals surface area contributed by atoms with Crippen LogP contribution in [0.15, 0.2) is 9.63 Å². The molecule has 0 aliphatic carbocycles. The lowest BCUT2D eigenvalue weighted by Gasteiger charge is -2.10. The standard InChI is InChI=1S/C4H7N3OS/c1-4(3(5)8)2-9-7-6-4/h2H2,1H3,(H2,5,8). The van der Waals surface area contributed by atoms with Crippen molar-refractivity contribution in [2.45, 2.75) is 12.5 Å². The molecule has 0 spiro atoms. The van der Waals surface area contributed by atoms with E-state index in [2.05, 4.69) is 9.63 Å². The van der Waals surface area contributed by atoms with Crippen molar-refractivity contribution in [1.82, 2.24) is 0 Å². The number of hydrogen-bond acceptors (Lipinski definition) is 4. The van der Waals surface area contributed by atoms with E-state index < -0.39 is 11.4 Å². The highest BCUT2D eigenvalue weighted by molar-refractivity contribution is 7.98. The van der Waals surface area contributed by atoms with Gasteiger partial charge in [0, 0.05) is 11.9 Å². The van der Waals surface area contributed by atoms with E-state index in [1.165, 1.54) is 11.9 Å². The van der Waals surface area contributed by atoms with Crippen LogP contribution >= 0.6 is 11.9 Å². The van der Waals surface area contributed by atoms with Gasteiger partial charge in [-0.3, -0.25) is 4.79 Å². The topological polar surface area (TPSA) is 67.8 Å². The highest BCUT2D eigenvalue weighted by Crippen LogP contribution is 2.26. The lowest BCUT2D eigenvalue weighted by molar-refractivity contribution is -0.121. The minimum absolute atomic E-state index is 0.406. The third-order valence-corrected chi connectivity index (χ3v) is 2.08. The van der Waals surface area contributed by atoms with Gasteiger partial charge in [-0.15, -0.1) is 4.52 Å². The minimum atomic E-state index is -0.745. The molecular weight excluding hydrogens is 138 g/mol. The van der Waals surface area contributed by atoms with Gasteiger partial charge in [-0.25, -0.2) is 0 Å². The molecule has 0 saturated heterocycles. The second-order valence-electron chi connectivity index (χ2n) is 2.09. The molecule has 50 valence electrons. The largest absolute Gasteiger partial charge is 0.367 e. The molecule has 2 N–H and O–H groups in total. The van der Waals surface area contributed by atoms with E-state index in [1.807, 2.05) is 0 Å². The van der Waals surface area contributed by atoms with Gasteiger partial charge < -0.3 is 5.73 Å². The Morgan fingerprint density at radius 2 is 2.56 bits per heavy atom. The Hall–Kier alpha value is -0.580. The van der Waals surface area contributed by atoms with Crippen LogP contribution in [0.3, 0.4) is 0 Å². The van der Waals surface area contributed by atoms with E-state index in [1.54, 1.807) is 6.92 Å². The maximum Gasteiger partial charge on any atom is 0.247 e. The summed E-state index contributed by atoms with van der Waals surface area (Å²) in [5, 5.41) is 3.68. The number of hydrogen-bond donors (Lipinski definition) is 1. The van der Waals surface area contributed by atoms with Gasteiger partial charge in [0.1, 0.15) is 0 Å². The van der Waals surface area contributed by atoms with E-state index in [-0.39, 0.29) is 0 Å². The van der Waals surface area contributed by atoms with Crippen molar-refractivity contribution in [2.24, 2.45) is 15.4 Å². The summed E-state index contributed by atoms with van der Waals surface area (Å²) >= 11 is 1.27. The first-order valence-corrected chi connectivity index (χ1v) is 3.43. The number of amides is 1. The predicted molar refractivity (Wildman–Crippen MR) is 34.9 cm³/mol. The van der Waals surface area contributed by atoms with Gasteiger partial charge in [0.25, 0.3) is 0 Å². The number of primary amides is 1. The van der Waals surface area contributed by atoms with Gasteiger partial charge in [0.05, 0.1) is 5.75 Å². The van der Waals surface area contributed by atoms with Crippen LogP contribution in [0.4, 0.5) is 0 Å². The summed E-state index contributed by atoms with van der Waals surface area (Å²) in [5.41, 5.74) is 4.28. The van der Waals surface area contributed by atoms with E-state index in [0.717, 1.165) is 0 Å². The fourth-order valence-corrected chi connectivity index (χ4v) is 1.17. The van der Waals surface area contributed by atoms with Crippen molar-refractivity contribution < 1.29 is 4.79 Å². The molecule has 9 heavy (non-hydrogen) atoms. The molecule has 1 atom stereocenters. The molecule has 0 fully saturated rings. The molecule has 0 bridgehead atoms. The average Bonchev–Trinajstić information content (AvgIpc) is 2.16. The Labute approximate surface area is 57.0 Å². The third kappa shape index (κ3) is 1.05. The third-order valence-electron chi connectivity index (χ3n) is 1.20. The maximum atomic E-state index is 10.6. The van der Waals surface area contributed by atoms with Gasteiger partial charge >= 0.3 is 0 Å². The molecule has 1 heterocycles. The van der Waals surface area contributed by atoms with Crippen molar-refractivity contribution in [3.8, 4) is 0 Å². The highest BCUT2D eigenvalue weighted by Gasteiger charge is 2.34. The molecule has 0 saturated carbocycles. The molecule has 4 nitrogen and oxygen atoms in total. The van der Waals surface area contributed by atoms with Gasteiger partial charge in [-0.2, -0.15) is 5.11 Å². The van der Waals surface area contributed by atoms with Crippen LogP contribution in [0, 0.1) is 0 Å². The zero-order valence-electron chi connectivity index (χ0n) is 5.00. The summed E-state index contributed by atoms with van der Waals surface area (Å²) in [6, 6.07) is 0. The van der Waals surface area contributed by atoms with Crippen LogP contribution in [-0.4, -0.2) is 17.2 Å². The molecule has 1 aliphatic rings. The lowest BCUT2D eigenvalue weighted by Crippen LogP contribution is -2.39. The number of carbonyl (C=O) groups excluding carboxylic acids is 1. The summed E-state index contributed by atoms with van der Waals surface area (Å²) in [6.45, 7) is 1.68. The van der Waals surface area contributed by atoms with Crippen molar-refractivity contribution in [3.63, 3.8) is 0 Å². The fraction of sp³-hybridized carbons (Fsp3) is 0.750. The fourth-order valence-electron chi connectivity index (χ4n) is 0.423. The molecule has 0 radical (unpaired) electrons.